The number of carboxylic acid groups (broad SMARTS) is 1. The van der Waals surface area contributed by atoms with Crippen molar-refractivity contribution < 1.29 is 54.1 Å². The lowest BCUT2D eigenvalue weighted by atomic mass is 9.90. The standard InChI is InChI=1S/C27H23F6NO6S/c1-14(15(2)25(35)36)24-13-34(41(37,38)21-5-3-4-18(11-21)27(31,32)33)22-10-16(6-7-23(22)40-24)17-8-19(28)12-20(9-17)39-26(29)30/h3-12,14-15,24,26H,13H2,1-2H3,(H,35,36)/t14?,15-,24?/m1/s1. The molecule has 0 bridgehead atoms. The fourth-order valence-corrected chi connectivity index (χ4v) is 5.89. The molecule has 14 heteroatoms. The molecule has 0 saturated heterocycles. The van der Waals surface area contributed by atoms with E-state index >= 15 is 0 Å². The number of ether oxygens (including phenoxy) is 2. The van der Waals surface area contributed by atoms with Gasteiger partial charge in [-0.1, -0.05) is 26.0 Å². The summed E-state index contributed by atoms with van der Waals surface area (Å²) in [5.74, 6) is -4.32. The highest BCUT2D eigenvalue weighted by molar-refractivity contribution is 7.92. The van der Waals surface area contributed by atoms with Gasteiger partial charge in [0.2, 0.25) is 0 Å². The molecule has 1 heterocycles. The number of nitrogens with zero attached hydrogens (tertiary/aromatic N) is 1. The highest BCUT2D eigenvalue weighted by Crippen LogP contribution is 2.43. The van der Waals surface area contributed by atoms with Crippen molar-refractivity contribution in [2.45, 2.75) is 37.6 Å². The van der Waals surface area contributed by atoms with Crippen molar-refractivity contribution in [2.24, 2.45) is 11.8 Å². The minimum atomic E-state index is -4.83. The van der Waals surface area contributed by atoms with Crippen LogP contribution in [0.15, 0.2) is 65.6 Å². The van der Waals surface area contributed by atoms with Gasteiger partial charge < -0.3 is 14.6 Å². The van der Waals surface area contributed by atoms with E-state index in [9.17, 15) is 44.7 Å². The Morgan fingerprint density at radius 1 is 1.05 bits per heavy atom. The second-order valence-corrected chi connectivity index (χ2v) is 11.3. The van der Waals surface area contributed by atoms with Gasteiger partial charge >= 0.3 is 18.8 Å². The van der Waals surface area contributed by atoms with Crippen LogP contribution in [0.3, 0.4) is 0 Å². The zero-order valence-corrected chi connectivity index (χ0v) is 22.2. The average Bonchev–Trinajstić information content (AvgIpc) is 2.90. The third-order valence-corrected chi connectivity index (χ3v) is 8.57. The maximum Gasteiger partial charge on any atom is 0.416 e. The zero-order valence-electron chi connectivity index (χ0n) is 21.4. The summed E-state index contributed by atoms with van der Waals surface area (Å²) in [4.78, 5) is 10.9. The first-order valence-corrected chi connectivity index (χ1v) is 13.5. The molecule has 0 amide bonds. The van der Waals surface area contributed by atoms with Gasteiger partial charge in [-0.25, -0.2) is 12.8 Å². The Hall–Kier alpha value is -3.94. The van der Waals surface area contributed by atoms with Crippen molar-refractivity contribution in [3.8, 4) is 22.6 Å². The molecule has 2 unspecified atom stereocenters. The molecule has 3 atom stereocenters. The molecule has 7 nitrogen and oxygen atoms in total. The van der Waals surface area contributed by atoms with Crippen LogP contribution in [0.1, 0.15) is 19.4 Å². The molecular formula is C27H23F6NO6S. The van der Waals surface area contributed by atoms with Gasteiger partial charge in [-0.05, 0) is 53.6 Å². The topological polar surface area (TPSA) is 93.1 Å². The summed E-state index contributed by atoms with van der Waals surface area (Å²) >= 11 is 0. The SMILES string of the molecule is CC(C1CN(S(=O)(=O)c2cccc(C(F)(F)F)c2)c2cc(-c3cc(F)cc(OC(F)F)c3)ccc2O1)[C@@H](C)C(=O)O. The fourth-order valence-electron chi connectivity index (χ4n) is 4.36. The summed E-state index contributed by atoms with van der Waals surface area (Å²) in [6, 6.07) is 9.92. The van der Waals surface area contributed by atoms with Gasteiger partial charge in [-0.3, -0.25) is 9.10 Å². The average molecular weight is 604 g/mol. The van der Waals surface area contributed by atoms with E-state index in [0.29, 0.717) is 12.1 Å². The van der Waals surface area contributed by atoms with Crippen LogP contribution in [-0.2, 0) is 21.0 Å². The number of fused-ring (bicyclic) bond motifs is 1. The Labute approximate surface area is 231 Å². The first-order chi connectivity index (χ1) is 19.1. The van der Waals surface area contributed by atoms with Crippen LogP contribution in [0.25, 0.3) is 11.1 Å². The number of sulfonamides is 1. The monoisotopic (exact) mass is 603 g/mol. The molecule has 0 aliphatic carbocycles. The van der Waals surface area contributed by atoms with Gasteiger partial charge in [0.05, 0.1) is 28.6 Å². The van der Waals surface area contributed by atoms with E-state index in [-0.39, 0.29) is 22.6 Å². The van der Waals surface area contributed by atoms with E-state index in [1.54, 1.807) is 0 Å². The number of carbonyl (C=O) groups is 1. The number of hydrogen-bond donors (Lipinski definition) is 1. The molecule has 220 valence electrons. The molecule has 0 saturated carbocycles. The van der Waals surface area contributed by atoms with Crippen molar-refractivity contribution in [2.75, 3.05) is 10.8 Å². The Balaban J connectivity index is 1.85. The lowest BCUT2D eigenvalue weighted by Crippen LogP contribution is -2.48. The maximum atomic E-state index is 14.2. The number of halogens is 6. The Kier molecular flexibility index (Phi) is 8.16. The summed E-state index contributed by atoms with van der Waals surface area (Å²) in [5, 5.41) is 9.47. The Morgan fingerprint density at radius 2 is 1.76 bits per heavy atom. The van der Waals surface area contributed by atoms with Gasteiger partial charge in [-0.2, -0.15) is 22.0 Å². The summed E-state index contributed by atoms with van der Waals surface area (Å²) in [5.41, 5.74) is -1.14. The normalized spacial score (nSPS) is 17.0. The summed E-state index contributed by atoms with van der Waals surface area (Å²) in [6.45, 7) is -0.753. The van der Waals surface area contributed by atoms with Crippen LogP contribution in [-0.4, -0.2) is 38.8 Å². The molecule has 0 spiro atoms. The Bertz CT molecular complexity index is 1560. The van der Waals surface area contributed by atoms with Crippen LogP contribution in [0.4, 0.5) is 32.0 Å². The number of benzene rings is 3. The first-order valence-electron chi connectivity index (χ1n) is 12.1. The molecule has 1 aliphatic rings. The largest absolute Gasteiger partial charge is 0.486 e. The molecule has 41 heavy (non-hydrogen) atoms. The highest BCUT2D eigenvalue weighted by Gasteiger charge is 2.40. The number of anilines is 1. The summed E-state index contributed by atoms with van der Waals surface area (Å²) in [7, 11) is -4.69. The summed E-state index contributed by atoms with van der Waals surface area (Å²) in [6.07, 6.45) is -5.84. The van der Waals surface area contributed by atoms with E-state index in [2.05, 4.69) is 4.74 Å². The van der Waals surface area contributed by atoms with Crippen LogP contribution < -0.4 is 13.8 Å². The van der Waals surface area contributed by atoms with Crippen molar-refractivity contribution in [3.63, 3.8) is 0 Å². The van der Waals surface area contributed by atoms with Crippen LogP contribution in [0, 0.1) is 17.7 Å². The zero-order chi connectivity index (χ0) is 30.3. The van der Waals surface area contributed by atoms with E-state index in [4.69, 9.17) is 4.74 Å². The predicted octanol–water partition coefficient (Wildman–Crippen LogP) is 6.43. The van der Waals surface area contributed by atoms with E-state index < -0.39 is 75.3 Å². The lowest BCUT2D eigenvalue weighted by molar-refractivity contribution is -0.144. The van der Waals surface area contributed by atoms with Crippen LogP contribution in [0.5, 0.6) is 11.5 Å². The third kappa shape index (κ3) is 6.37. The molecule has 0 fully saturated rings. The minimum Gasteiger partial charge on any atom is -0.486 e. The van der Waals surface area contributed by atoms with Crippen molar-refractivity contribution in [1.82, 2.24) is 0 Å². The molecule has 4 rings (SSSR count). The predicted molar refractivity (Wildman–Crippen MR) is 135 cm³/mol. The van der Waals surface area contributed by atoms with Gasteiger partial charge in [-0.15, -0.1) is 0 Å². The number of carboxylic acids is 1. The first kappa shape index (κ1) is 30.0. The van der Waals surface area contributed by atoms with Crippen molar-refractivity contribution >= 4 is 21.7 Å². The van der Waals surface area contributed by atoms with Crippen molar-refractivity contribution in [3.05, 3.63) is 72.0 Å². The molecule has 1 N–H and O–H groups in total. The minimum absolute atomic E-state index is 0.0366. The molecule has 1 aliphatic heterocycles. The number of hydrogen-bond acceptors (Lipinski definition) is 5. The van der Waals surface area contributed by atoms with Gasteiger partial charge in [0, 0.05) is 12.0 Å². The van der Waals surface area contributed by atoms with E-state index in [0.717, 1.165) is 34.6 Å². The highest BCUT2D eigenvalue weighted by atomic mass is 32.2. The number of rotatable bonds is 8. The van der Waals surface area contributed by atoms with Gasteiger partial charge in [0.1, 0.15) is 23.4 Å². The lowest BCUT2D eigenvalue weighted by Gasteiger charge is -2.39. The Morgan fingerprint density at radius 3 is 2.39 bits per heavy atom. The van der Waals surface area contributed by atoms with E-state index in [1.165, 1.54) is 32.0 Å². The van der Waals surface area contributed by atoms with Crippen LogP contribution >= 0.6 is 0 Å². The quantitative estimate of drug-likeness (QED) is 0.299. The third-order valence-electron chi connectivity index (χ3n) is 6.80. The molecular weight excluding hydrogens is 580 g/mol. The number of aliphatic carboxylic acids is 1. The molecule has 0 aromatic heterocycles. The second-order valence-electron chi connectivity index (χ2n) is 9.44. The number of alkyl halides is 5. The fraction of sp³-hybridized carbons (Fsp3) is 0.296. The van der Waals surface area contributed by atoms with Crippen molar-refractivity contribution in [1.29, 1.82) is 0 Å². The van der Waals surface area contributed by atoms with E-state index in [1.807, 2.05) is 0 Å². The van der Waals surface area contributed by atoms with Gasteiger partial charge in [0.25, 0.3) is 10.0 Å². The second kappa shape index (κ2) is 11.1. The smallest absolute Gasteiger partial charge is 0.416 e. The van der Waals surface area contributed by atoms with Gasteiger partial charge in [0.15, 0.2) is 0 Å². The molecule has 3 aromatic carbocycles. The molecule has 3 aromatic rings. The molecule has 0 radical (unpaired) electrons. The maximum absolute atomic E-state index is 14.2. The van der Waals surface area contributed by atoms with Crippen LogP contribution in [0.2, 0.25) is 0 Å². The summed E-state index contributed by atoms with van der Waals surface area (Å²) < 4.78 is 118.